The summed E-state index contributed by atoms with van der Waals surface area (Å²) in [6.45, 7) is 10.4. The molecule has 4 nitrogen and oxygen atoms in total. The molecule has 1 fully saturated rings. The molecule has 1 aromatic carbocycles. The van der Waals surface area contributed by atoms with E-state index in [1.54, 1.807) is 0 Å². The molecule has 188 valence electrons. The van der Waals surface area contributed by atoms with Gasteiger partial charge in [-0.05, 0) is 74.1 Å². The molecule has 0 spiro atoms. The van der Waals surface area contributed by atoms with Crippen LogP contribution in [0.25, 0.3) is 6.08 Å². The molecule has 4 heteroatoms. The van der Waals surface area contributed by atoms with E-state index in [9.17, 15) is 4.79 Å². The molecule has 0 bridgehead atoms. The molecule has 0 saturated carbocycles. The lowest BCUT2D eigenvalue weighted by Crippen LogP contribution is -2.48. The van der Waals surface area contributed by atoms with E-state index in [0.29, 0.717) is 5.92 Å². The molecule has 1 saturated heterocycles. The van der Waals surface area contributed by atoms with Gasteiger partial charge in [-0.3, -0.25) is 4.99 Å². The highest BCUT2D eigenvalue weighted by atomic mass is 16.2. The first-order valence-corrected chi connectivity index (χ1v) is 13.8. The Bertz CT molecular complexity index is 1020. The second-order valence-corrected chi connectivity index (χ2v) is 10.6. The standard InChI is InChI=1S/C31H43N3O/c1-5-7-11-23(4)33-31(35)34-18-15-24(16-19-34)29-27-14-13-22(3)20-26(27)21-25(10-6-2)28-12-8-9-17-32-30(28)29/h9,12-14,17,20-21,23-24,29H,5-8,10-11,15-16,18-19H2,1-4H3,(H,33,35). The van der Waals surface area contributed by atoms with Gasteiger partial charge in [0.15, 0.2) is 0 Å². The molecule has 2 heterocycles. The Labute approximate surface area is 212 Å². The highest BCUT2D eigenvalue weighted by Gasteiger charge is 2.36. The number of rotatable bonds is 7. The molecular weight excluding hydrogens is 430 g/mol. The maximum atomic E-state index is 12.9. The van der Waals surface area contributed by atoms with Crippen LogP contribution < -0.4 is 5.32 Å². The number of nitrogens with one attached hydrogen (secondary N) is 1. The summed E-state index contributed by atoms with van der Waals surface area (Å²) in [5, 5.41) is 3.22. The van der Waals surface area contributed by atoms with E-state index in [1.807, 2.05) is 11.1 Å². The van der Waals surface area contributed by atoms with Gasteiger partial charge in [0.25, 0.3) is 0 Å². The fraction of sp³-hybridized carbons (Fsp3) is 0.548. The molecule has 35 heavy (non-hydrogen) atoms. The van der Waals surface area contributed by atoms with E-state index >= 15 is 0 Å². The number of nitrogens with zero attached hydrogens (tertiary/aromatic N) is 2. The molecule has 3 aliphatic rings. The van der Waals surface area contributed by atoms with Crippen LogP contribution in [0.4, 0.5) is 4.79 Å². The average molecular weight is 474 g/mol. The quantitative estimate of drug-likeness (QED) is 0.436. The zero-order valence-corrected chi connectivity index (χ0v) is 22.1. The minimum atomic E-state index is 0.103. The highest BCUT2D eigenvalue weighted by molar-refractivity contribution is 6.11. The molecule has 4 rings (SSSR count). The van der Waals surface area contributed by atoms with Crippen molar-refractivity contribution in [2.75, 3.05) is 13.1 Å². The van der Waals surface area contributed by atoms with Gasteiger partial charge in [0.2, 0.25) is 0 Å². The molecule has 1 N–H and O–H groups in total. The Hall–Kier alpha value is -2.62. The summed E-state index contributed by atoms with van der Waals surface area (Å²) >= 11 is 0. The first-order valence-electron chi connectivity index (χ1n) is 13.8. The molecule has 2 amide bonds. The summed E-state index contributed by atoms with van der Waals surface area (Å²) in [6.07, 6.45) is 17.5. The van der Waals surface area contributed by atoms with Crippen molar-refractivity contribution >= 4 is 17.8 Å². The molecule has 2 unspecified atom stereocenters. The molecule has 2 aliphatic heterocycles. The molecule has 0 radical (unpaired) electrons. The summed E-state index contributed by atoms with van der Waals surface area (Å²) in [4.78, 5) is 20.0. The minimum absolute atomic E-state index is 0.103. The van der Waals surface area contributed by atoms with Gasteiger partial charge in [-0.1, -0.05) is 75.1 Å². The van der Waals surface area contributed by atoms with E-state index in [0.717, 1.165) is 58.0 Å². The van der Waals surface area contributed by atoms with Crippen LogP contribution in [-0.4, -0.2) is 35.8 Å². The summed E-state index contributed by atoms with van der Waals surface area (Å²) in [7, 11) is 0. The van der Waals surface area contributed by atoms with Crippen molar-refractivity contribution in [3.63, 3.8) is 0 Å². The van der Waals surface area contributed by atoms with Crippen LogP contribution in [0.1, 0.15) is 94.7 Å². The number of carbonyl (C=O) groups excluding carboxylic acids is 1. The second kappa shape index (κ2) is 11.9. The Morgan fingerprint density at radius 1 is 1.20 bits per heavy atom. The van der Waals surface area contributed by atoms with Crippen LogP contribution in [-0.2, 0) is 0 Å². The molecule has 1 aromatic rings. The smallest absolute Gasteiger partial charge is 0.317 e. The zero-order chi connectivity index (χ0) is 24.8. The molecule has 2 atom stereocenters. The van der Waals surface area contributed by atoms with Crippen molar-refractivity contribution in [2.24, 2.45) is 10.9 Å². The monoisotopic (exact) mass is 473 g/mol. The van der Waals surface area contributed by atoms with Gasteiger partial charge in [-0.25, -0.2) is 4.79 Å². The lowest BCUT2D eigenvalue weighted by Gasteiger charge is -2.37. The summed E-state index contributed by atoms with van der Waals surface area (Å²) in [6, 6.07) is 7.28. The first-order chi connectivity index (χ1) is 17.0. The van der Waals surface area contributed by atoms with Crippen LogP contribution in [0, 0.1) is 12.8 Å². The van der Waals surface area contributed by atoms with E-state index in [-0.39, 0.29) is 18.0 Å². The highest BCUT2D eigenvalue weighted by Crippen LogP contribution is 2.43. The third-order valence-electron chi connectivity index (χ3n) is 7.78. The van der Waals surface area contributed by atoms with Gasteiger partial charge < -0.3 is 10.2 Å². The predicted octanol–water partition coefficient (Wildman–Crippen LogP) is 7.56. The number of fused-ring (bicyclic) bond motifs is 2. The van der Waals surface area contributed by atoms with E-state index in [4.69, 9.17) is 4.99 Å². The van der Waals surface area contributed by atoms with Gasteiger partial charge in [0.05, 0.1) is 5.71 Å². The first kappa shape index (κ1) is 25.5. The van der Waals surface area contributed by atoms with E-state index in [1.165, 1.54) is 40.0 Å². The maximum Gasteiger partial charge on any atom is 0.317 e. The van der Waals surface area contributed by atoms with Crippen LogP contribution in [0.2, 0.25) is 0 Å². The number of allylic oxidation sites excluding steroid dienone is 4. The summed E-state index contributed by atoms with van der Waals surface area (Å²) in [5.41, 5.74) is 8.05. The number of likely N-dealkylation sites (tertiary alicyclic amines) is 1. The fourth-order valence-electron chi connectivity index (χ4n) is 5.89. The Balaban J connectivity index is 1.58. The normalized spacial score (nSPS) is 21.1. The lowest BCUT2D eigenvalue weighted by molar-refractivity contribution is 0.165. The third-order valence-corrected chi connectivity index (χ3v) is 7.78. The number of piperidine rings is 1. The fourth-order valence-corrected chi connectivity index (χ4v) is 5.89. The Morgan fingerprint density at radius 3 is 2.74 bits per heavy atom. The van der Waals surface area contributed by atoms with Gasteiger partial charge in [-0.15, -0.1) is 0 Å². The SMILES string of the molecule is CCCCC(C)NC(=O)N1CCC(C2C3=NC=CCC=C3C(CCC)=Cc3cc(C)ccc32)CC1. The Kier molecular flexibility index (Phi) is 8.64. The number of amides is 2. The van der Waals surface area contributed by atoms with Gasteiger partial charge in [-0.2, -0.15) is 0 Å². The van der Waals surface area contributed by atoms with Gasteiger partial charge in [0.1, 0.15) is 0 Å². The van der Waals surface area contributed by atoms with Crippen LogP contribution in [0.3, 0.4) is 0 Å². The van der Waals surface area contributed by atoms with E-state index < -0.39 is 0 Å². The number of aryl methyl sites for hydroxylation is 1. The number of hydrogen-bond acceptors (Lipinski definition) is 2. The van der Waals surface area contributed by atoms with Gasteiger partial charge >= 0.3 is 6.03 Å². The minimum Gasteiger partial charge on any atom is -0.336 e. The van der Waals surface area contributed by atoms with Crippen LogP contribution in [0.5, 0.6) is 0 Å². The second-order valence-electron chi connectivity index (χ2n) is 10.6. The Morgan fingerprint density at radius 2 is 2.00 bits per heavy atom. The van der Waals surface area contributed by atoms with Gasteiger partial charge in [0, 0.05) is 31.2 Å². The van der Waals surface area contributed by atoms with Crippen molar-refractivity contribution in [1.82, 2.24) is 10.2 Å². The molecule has 0 aromatic heterocycles. The lowest BCUT2D eigenvalue weighted by atomic mass is 9.74. The van der Waals surface area contributed by atoms with E-state index in [2.05, 4.69) is 69.4 Å². The number of urea groups is 1. The molecule has 1 aliphatic carbocycles. The maximum absolute atomic E-state index is 12.9. The van der Waals surface area contributed by atoms with Crippen molar-refractivity contribution in [3.8, 4) is 0 Å². The predicted molar refractivity (Wildman–Crippen MR) is 148 cm³/mol. The third kappa shape index (κ3) is 5.97. The van der Waals surface area contributed by atoms with Crippen molar-refractivity contribution in [2.45, 2.75) is 91.0 Å². The summed E-state index contributed by atoms with van der Waals surface area (Å²) in [5.74, 6) is 0.736. The zero-order valence-electron chi connectivity index (χ0n) is 22.1. The van der Waals surface area contributed by atoms with Crippen molar-refractivity contribution in [3.05, 3.63) is 64.4 Å². The number of carbonyl (C=O) groups is 1. The molecular formula is C31H43N3O. The summed E-state index contributed by atoms with van der Waals surface area (Å²) < 4.78 is 0. The number of aliphatic imine (C=N–C) groups is 1. The van der Waals surface area contributed by atoms with Crippen molar-refractivity contribution < 1.29 is 4.79 Å². The average Bonchev–Trinajstić information content (AvgIpc) is 3.16. The number of unbranched alkanes of at least 4 members (excludes halogenated alkanes) is 1. The largest absolute Gasteiger partial charge is 0.336 e. The van der Waals surface area contributed by atoms with Crippen LogP contribution in [0.15, 0.2) is 52.7 Å². The number of benzene rings is 1. The topological polar surface area (TPSA) is 44.7 Å². The number of hydrogen-bond donors (Lipinski definition) is 1. The van der Waals surface area contributed by atoms with Crippen LogP contribution >= 0.6 is 0 Å². The van der Waals surface area contributed by atoms with Crippen molar-refractivity contribution in [1.29, 1.82) is 0 Å².